The molecule has 0 saturated heterocycles. The summed E-state index contributed by atoms with van der Waals surface area (Å²) in [5, 5.41) is 6.03. The number of benzene rings is 1. The first-order chi connectivity index (χ1) is 13.0. The molecule has 2 amide bonds. The lowest BCUT2D eigenvalue weighted by Gasteiger charge is -2.21. The number of hydrogen-bond donors (Lipinski definition) is 2. The van der Waals surface area contributed by atoms with Crippen molar-refractivity contribution in [2.75, 3.05) is 19.8 Å². The average Bonchev–Trinajstić information content (AvgIpc) is 2.67. The Hall–Kier alpha value is -2.05. The standard InChI is InChI=1S/C20H27ClN2O4/c1-15(23-20(25)14-27-17-5-3-2-4-6-17)11-12-22-19(24)13-26-18-9-7-16(21)8-10-18/h7-10,17H,1-6,11-14H2,(H,22,24)(H,23,25). The molecule has 148 valence electrons. The summed E-state index contributed by atoms with van der Waals surface area (Å²) in [6, 6.07) is 6.78. The number of rotatable bonds is 10. The van der Waals surface area contributed by atoms with Crippen LogP contribution in [0.5, 0.6) is 5.75 Å². The first kappa shape index (κ1) is 21.3. The molecule has 27 heavy (non-hydrogen) atoms. The van der Waals surface area contributed by atoms with Crippen molar-refractivity contribution >= 4 is 23.4 Å². The van der Waals surface area contributed by atoms with Crippen molar-refractivity contribution in [1.82, 2.24) is 10.6 Å². The number of carbonyl (C=O) groups is 2. The van der Waals surface area contributed by atoms with Crippen LogP contribution in [0, 0.1) is 0 Å². The van der Waals surface area contributed by atoms with E-state index in [0.29, 0.717) is 29.4 Å². The van der Waals surface area contributed by atoms with Gasteiger partial charge in [-0.3, -0.25) is 9.59 Å². The van der Waals surface area contributed by atoms with Gasteiger partial charge >= 0.3 is 0 Å². The van der Waals surface area contributed by atoms with E-state index in [2.05, 4.69) is 17.2 Å². The van der Waals surface area contributed by atoms with Gasteiger partial charge in [0.25, 0.3) is 5.91 Å². The molecule has 0 heterocycles. The minimum atomic E-state index is -0.246. The molecule has 2 N–H and O–H groups in total. The summed E-state index contributed by atoms with van der Waals surface area (Å²) in [5.74, 6) is 0.122. The second-order valence-corrected chi connectivity index (χ2v) is 7.00. The van der Waals surface area contributed by atoms with Crippen LogP contribution < -0.4 is 15.4 Å². The minimum absolute atomic E-state index is 0.0466. The Bertz CT molecular complexity index is 627. The normalized spacial score (nSPS) is 14.4. The van der Waals surface area contributed by atoms with Gasteiger partial charge in [0, 0.05) is 23.7 Å². The van der Waals surface area contributed by atoms with Crippen molar-refractivity contribution in [3.63, 3.8) is 0 Å². The van der Waals surface area contributed by atoms with Gasteiger partial charge in [-0.25, -0.2) is 0 Å². The maximum absolute atomic E-state index is 11.9. The Morgan fingerprint density at radius 2 is 1.78 bits per heavy atom. The first-order valence-corrected chi connectivity index (χ1v) is 9.65. The number of ether oxygens (including phenoxy) is 2. The second-order valence-electron chi connectivity index (χ2n) is 6.57. The molecule has 0 bridgehead atoms. The molecule has 0 aliphatic heterocycles. The summed E-state index contributed by atoms with van der Waals surface area (Å²) in [4.78, 5) is 23.6. The Balaban J connectivity index is 1.53. The molecule has 1 saturated carbocycles. The Kier molecular flexibility index (Phi) is 9.15. The fourth-order valence-electron chi connectivity index (χ4n) is 2.80. The Morgan fingerprint density at radius 3 is 2.48 bits per heavy atom. The van der Waals surface area contributed by atoms with Crippen molar-refractivity contribution in [1.29, 1.82) is 0 Å². The summed E-state index contributed by atoms with van der Waals surface area (Å²) in [6.45, 7) is 4.13. The zero-order chi connectivity index (χ0) is 19.5. The second kappa shape index (κ2) is 11.6. The highest BCUT2D eigenvalue weighted by Gasteiger charge is 2.15. The SMILES string of the molecule is C=C(CCNC(=O)COc1ccc(Cl)cc1)NC(=O)COC1CCCCC1. The van der Waals surface area contributed by atoms with Gasteiger partial charge in [-0.15, -0.1) is 0 Å². The van der Waals surface area contributed by atoms with Gasteiger partial charge in [-0.1, -0.05) is 37.4 Å². The molecule has 1 aromatic carbocycles. The molecule has 0 spiro atoms. The highest BCUT2D eigenvalue weighted by Crippen LogP contribution is 2.20. The fourth-order valence-corrected chi connectivity index (χ4v) is 2.93. The van der Waals surface area contributed by atoms with Crippen LogP contribution in [0.25, 0.3) is 0 Å². The molecule has 7 heteroatoms. The van der Waals surface area contributed by atoms with E-state index in [0.717, 1.165) is 12.8 Å². The molecule has 6 nitrogen and oxygen atoms in total. The smallest absolute Gasteiger partial charge is 0.257 e. The molecule has 0 atom stereocenters. The van der Waals surface area contributed by atoms with Crippen LogP contribution >= 0.6 is 11.6 Å². The maximum Gasteiger partial charge on any atom is 0.257 e. The van der Waals surface area contributed by atoms with Gasteiger partial charge in [-0.05, 0) is 37.1 Å². The molecule has 0 unspecified atom stereocenters. The molecule has 1 aromatic rings. The summed E-state index contributed by atoms with van der Waals surface area (Å²) in [6.07, 6.45) is 6.27. The summed E-state index contributed by atoms with van der Waals surface area (Å²) in [7, 11) is 0. The van der Waals surface area contributed by atoms with Crippen molar-refractivity contribution in [3.05, 3.63) is 41.6 Å². The minimum Gasteiger partial charge on any atom is -0.484 e. The average molecular weight is 395 g/mol. The van der Waals surface area contributed by atoms with Crippen molar-refractivity contribution in [2.24, 2.45) is 0 Å². The van der Waals surface area contributed by atoms with Crippen molar-refractivity contribution in [2.45, 2.75) is 44.6 Å². The number of nitrogens with one attached hydrogen (secondary N) is 2. The van der Waals surface area contributed by atoms with Crippen LogP contribution in [-0.2, 0) is 14.3 Å². The summed E-state index contributed by atoms with van der Waals surface area (Å²) in [5.41, 5.74) is 0.547. The van der Waals surface area contributed by atoms with Gasteiger partial charge < -0.3 is 20.1 Å². The van der Waals surface area contributed by atoms with E-state index in [1.54, 1.807) is 24.3 Å². The Morgan fingerprint density at radius 1 is 1.07 bits per heavy atom. The van der Waals surface area contributed by atoms with Gasteiger partial charge in [0.1, 0.15) is 12.4 Å². The predicted octanol–water partition coefficient (Wildman–Crippen LogP) is 3.20. The predicted molar refractivity (Wildman–Crippen MR) is 105 cm³/mol. The molecule has 2 rings (SSSR count). The largest absolute Gasteiger partial charge is 0.484 e. The molecule has 1 aliphatic rings. The summed E-state index contributed by atoms with van der Waals surface area (Å²) < 4.78 is 11.0. The van der Waals surface area contributed by atoms with E-state index in [1.165, 1.54) is 19.3 Å². The third-order valence-corrected chi connectivity index (χ3v) is 4.50. The van der Waals surface area contributed by atoms with E-state index in [1.807, 2.05) is 0 Å². The fraction of sp³-hybridized carbons (Fsp3) is 0.500. The molecular formula is C20H27ClN2O4. The molecule has 0 aromatic heterocycles. The number of carbonyl (C=O) groups excluding carboxylic acids is 2. The lowest BCUT2D eigenvalue weighted by Crippen LogP contribution is -2.33. The summed E-state index contributed by atoms with van der Waals surface area (Å²) >= 11 is 5.79. The first-order valence-electron chi connectivity index (χ1n) is 9.27. The topological polar surface area (TPSA) is 76.7 Å². The van der Waals surface area contributed by atoms with E-state index in [9.17, 15) is 9.59 Å². The number of hydrogen-bond acceptors (Lipinski definition) is 4. The monoisotopic (exact) mass is 394 g/mol. The Labute approximate surface area is 165 Å². The quantitative estimate of drug-likeness (QED) is 0.638. The van der Waals surface area contributed by atoms with E-state index < -0.39 is 0 Å². The van der Waals surface area contributed by atoms with Gasteiger partial charge in [0.05, 0.1) is 6.10 Å². The zero-order valence-electron chi connectivity index (χ0n) is 15.5. The molecule has 1 aliphatic carbocycles. The van der Waals surface area contributed by atoms with Crippen LogP contribution in [0.3, 0.4) is 0 Å². The molecule has 1 fully saturated rings. The highest BCUT2D eigenvalue weighted by atomic mass is 35.5. The van der Waals surface area contributed by atoms with Crippen molar-refractivity contribution in [3.8, 4) is 5.75 Å². The lowest BCUT2D eigenvalue weighted by atomic mass is 9.98. The van der Waals surface area contributed by atoms with Crippen LogP contribution in [0.2, 0.25) is 5.02 Å². The maximum atomic E-state index is 11.9. The van der Waals surface area contributed by atoms with Gasteiger partial charge in [0.15, 0.2) is 6.61 Å². The van der Waals surface area contributed by atoms with Crippen LogP contribution in [0.1, 0.15) is 38.5 Å². The van der Waals surface area contributed by atoms with Crippen LogP contribution in [-0.4, -0.2) is 37.7 Å². The van der Waals surface area contributed by atoms with Crippen LogP contribution in [0.4, 0.5) is 0 Å². The number of amides is 2. The van der Waals surface area contributed by atoms with Gasteiger partial charge in [0.2, 0.25) is 5.91 Å². The van der Waals surface area contributed by atoms with Crippen molar-refractivity contribution < 1.29 is 19.1 Å². The lowest BCUT2D eigenvalue weighted by molar-refractivity contribution is -0.127. The van der Waals surface area contributed by atoms with Gasteiger partial charge in [-0.2, -0.15) is 0 Å². The van der Waals surface area contributed by atoms with Crippen LogP contribution in [0.15, 0.2) is 36.5 Å². The van der Waals surface area contributed by atoms with E-state index in [4.69, 9.17) is 21.1 Å². The molecule has 0 radical (unpaired) electrons. The zero-order valence-corrected chi connectivity index (χ0v) is 16.2. The molecular weight excluding hydrogens is 368 g/mol. The third kappa shape index (κ3) is 8.93. The van der Waals surface area contributed by atoms with E-state index >= 15 is 0 Å². The highest BCUT2D eigenvalue weighted by molar-refractivity contribution is 6.30. The van der Waals surface area contributed by atoms with E-state index in [-0.39, 0.29) is 31.1 Å². The number of halogens is 1. The third-order valence-electron chi connectivity index (χ3n) is 4.25.